The number of hydrogen-bond donors (Lipinski definition) is 0. The van der Waals surface area contributed by atoms with E-state index in [4.69, 9.17) is 11.6 Å². The van der Waals surface area contributed by atoms with Crippen molar-refractivity contribution >= 4 is 0 Å². The second kappa shape index (κ2) is 5.79. The summed E-state index contributed by atoms with van der Waals surface area (Å²) >= 11 is 5.01. The zero-order chi connectivity index (χ0) is 7.98. The molecule has 60 valence electrons. The lowest BCUT2D eigenvalue weighted by atomic mass is 9.95. The summed E-state index contributed by atoms with van der Waals surface area (Å²) in [6.07, 6.45) is 4.63. The van der Waals surface area contributed by atoms with Gasteiger partial charge in [-0.3, -0.25) is 0 Å². The number of halogens is 1. The fraction of sp³-hybridized carbons (Fsp3) is 0.778. The Morgan fingerprint density at radius 2 is 1.90 bits per heavy atom. The van der Waals surface area contributed by atoms with Crippen LogP contribution >= 0.6 is 0 Å². The van der Waals surface area contributed by atoms with Crippen molar-refractivity contribution in [3.8, 4) is 0 Å². The number of hydrogen-bond acceptors (Lipinski definition) is 0. The van der Waals surface area contributed by atoms with Crippen molar-refractivity contribution in [1.82, 2.24) is 0 Å². The van der Waals surface area contributed by atoms with Crippen LogP contribution in [0.4, 0.5) is 0 Å². The monoisotopic (exact) mass is 161 g/mol. The van der Waals surface area contributed by atoms with Crippen molar-refractivity contribution in [2.24, 2.45) is 5.92 Å². The summed E-state index contributed by atoms with van der Waals surface area (Å²) < 4.78 is 0. The highest BCUT2D eigenvalue weighted by Crippen LogP contribution is 2.17. The first-order valence-electron chi connectivity index (χ1n) is 4.03. The summed E-state index contributed by atoms with van der Waals surface area (Å²) in [5, 5.41) is 0. The lowest BCUT2D eigenvalue weighted by Crippen LogP contribution is -2.03. The first-order valence-corrected chi connectivity index (χ1v) is 4.60. The van der Waals surface area contributed by atoms with Crippen molar-refractivity contribution in [3.63, 3.8) is 0 Å². The minimum Gasteiger partial charge on any atom is -0.0828 e. The van der Waals surface area contributed by atoms with E-state index in [-0.39, 0.29) is 0 Å². The van der Waals surface area contributed by atoms with Crippen LogP contribution in [-0.2, 0) is 0 Å². The average Bonchev–Trinajstić information content (AvgIpc) is 2.00. The molecule has 0 fully saturated rings. The Hall–Kier alpha value is 0.0300. The molecule has 0 spiro atoms. The van der Waals surface area contributed by atoms with E-state index in [1.807, 2.05) is 0 Å². The van der Waals surface area contributed by atoms with E-state index in [1.54, 1.807) is 0 Å². The molecule has 0 atom stereocenters. The van der Waals surface area contributed by atoms with Crippen molar-refractivity contribution in [2.45, 2.75) is 33.6 Å². The molecule has 0 rings (SSSR count). The van der Waals surface area contributed by atoms with Gasteiger partial charge in [0.25, 0.3) is 0 Å². The molecule has 0 aromatic heterocycles. The zero-order valence-electron chi connectivity index (χ0n) is 7.18. The van der Waals surface area contributed by atoms with Gasteiger partial charge in [-0.05, 0) is 31.3 Å². The number of rotatable bonds is 4. The van der Waals surface area contributed by atoms with Crippen LogP contribution in [0.5, 0.6) is 0 Å². The van der Waals surface area contributed by atoms with Crippen molar-refractivity contribution < 1.29 is 11.6 Å². The van der Waals surface area contributed by atoms with Crippen LogP contribution in [0.15, 0.2) is 11.6 Å². The zero-order valence-corrected chi connectivity index (χ0v) is 8.00. The maximum Gasteiger partial charge on any atom is 0.191 e. The quantitative estimate of drug-likeness (QED) is 0.440. The lowest BCUT2D eigenvalue weighted by molar-refractivity contribution is -0.357. The van der Waals surface area contributed by atoms with Gasteiger partial charge in [0.2, 0.25) is 0 Å². The highest BCUT2D eigenvalue weighted by atomic mass is 35.5. The van der Waals surface area contributed by atoms with Gasteiger partial charge in [-0.25, -0.2) is 0 Å². The lowest BCUT2D eigenvalue weighted by Gasteiger charge is -2.11. The molecule has 1 heteroatoms. The molecule has 0 saturated heterocycles. The number of alkyl halides is 1. The van der Waals surface area contributed by atoms with Gasteiger partial charge in [0.05, 0.1) is 0 Å². The van der Waals surface area contributed by atoms with Crippen LogP contribution in [0.1, 0.15) is 33.6 Å². The van der Waals surface area contributed by atoms with Crippen molar-refractivity contribution in [1.29, 1.82) is 0 Å². The van der Waals surface area contributed by atoms with Crippen LogP contribution in [0, 0.1) is 17.5 Å². The highest BCUT2D eigenvalue weighted by Gasteiger charge is 2.10. The smallest absolute Gasteiger partial charge is 0.0828 e. The summed E-state index contributed by atoms with van der Waals surface area (Å²) in [6.45, 7) is 6.53. The molecule has 0 aromatic carbocycles. The third kappa shape index (κ3) is 2.74. The summed E-state index contributed by atoms with van der Waals surface area (Å²) in [4.78, 5) is 0. The molecule has 0 aliphatic heterocycles. The maximum atomic E-state index is 5.01. The Kier molecular flexibility index (Phi) is 5.81. The fourth-order valence-electron chi connectivity index (χ4n) is 1.25. The van der Waals surface area contributed by atoms with Gasteiger partial charge in [-0.1, -0.05) is 19.9 Å². The summed E-state index contributed by atoms with van der Waals surface area (Å²) in [6, 6.07) is 0. The fourth-order valence-corrected chi connectivity index (χ4v) is 1.65. The molecule has 0 saturated carbocycles. The summed E-state index contributed by atoms with van der Waals surface area (Å²) in [7, 11) is 0. The molecule has 0 aromatic rings. The third-order valence-electron chi connectivity index (χ3n) is 2.05. The Morgan fingerprint density at radius 3 is 2.00 bits per heavy atom. The van der Waals surface area contributed by atoms with Crippen molar-refractivity contribution in [2.75, 3.05) is 5.88 Å². The van der Waals surface area contributed by atoms with E-state index in [1.165, 1.54) is 18.4 Å². The molecule has 0 amide bonds. The predicted molar refractivity (Wildman–Crippen MR) is 44.1 cm³/mol. The molecule has 0 radical (unpaired) electrons. The summed E-state index contributed by atoms with van der Waals surface area (Å²) in [5.41, 5.74) is 1.44. The molecule has 0 aliphatic carbocycles. The van der Waals surface area contributed by atoms with Gasteiger partial charge in [-0.15, -0.1) is 0 Å². The topological polar surface area (TPSA) is 0 Å². The molecule has 0 nitrogen and oxygen atoms in total. The first-order chi connectivity index (χ1) is 4.79. The Morgan fingerprint density at radius 1 is 1.40 bits per heavy atom. The standard InChI is InChI=1S/C9H18Cl/c1-4-8(5-2)9(6-3)7-10/h6,8,10H,4-5,7H2,1-3H3/q+1/b9-6-. The SMILES string of the molecule is C/C=C(/C[ClH+])C(CC)CC. The molecule has 0 unspecified atom stereocenters. The van der Waals surface area contributed by atoms with E-state index >= 15 is 0 Å². The van der Waals surface area contributed by atoms with E-state index < -0.39 is 0 Å². The van der Waals surface area contributed by atoms with Crippen molar-refractivity contribution in [3.05, 3.63) is 11.6 Å². The van der Waals surface area contributed by atoms with Gasteiger partial charge in [0.1, 0.15) is 11.6 Å². The normalized spacial score (nSPS) is 12.7. The Bertz CT molecular complexity index is 101. The van der Waals surface area contributed by atoms with Crippen LogP contribution in [0.2, 0.25) is 0 Å². The third-order valence-corrected chi connectivity index (χ3v) is 2.38. The van der Waals surface area contributed by atoms with E-state index in [0.717, 1.165) is 11.8 Å². The van der Waals surface area contributed by atoms with Gasteiger partial charge in [0, 0.05) is 0 Å². The maximum absolute atomic E-state index is 5.01. The number of allylic oxidation sites excluding steroid dienone is 2. The van der Waals surface area contributed by atoms with Gasteiger partial charge < -0.3 is 0 Å². The van der Waals surface area contributed by atoms with Crippen LogP contribution in [-0.4, -0.2) is 5.88 Å². The minimum absolute atomic E-state index is 0.738. The molecule has 10 heavy (non-hydrogen) atoms. The first kappa shape index (κ1) is 10.0. The molecule has 0 aliphatic rings. The van der Waals surface area contributed by atoms with Crippen LogP contribution in [0.25, 0.3) is 0 Å². The Labute approximate surface area is 69.3 Å². The van der Waals surface area contributed by atoms with Gasteiger partial charge in [0.15, 0.2) is 5.88 Å². The van der Waals surface area contributed by atoms with E-state index in [2.05, 4.69) is 26.8 Å². The van der Waals surface area contributed by atoms with Crippen LogP contribution in [0.3, 0.4) is 0 Å². The predicted octanol–water partition coefficient (Wildman–Crippen LogP) is 2.65. The molecule has 0 heterocycles. The second-order valence-corrected chi connectivity index (χ2v) is 2.81. The Balaban J connectivity index is 3.97. The molecule has 0 bridgehead atoms. The van der Waals surface area contributed by atoms with Gasteiger partial charge in [-0.2, -0.15) is 0 Å². The molecular weight excluding hydrogens is 144 g/mol. The van der Waals surface area contributed by atoms with Crippen LogP contribution < -0.4 is 0 Å². The minimum atomic E-state index is 0.738. The molecule has 0 N–H and O–H groups in total. The molecular formula is C9H18Cl+. The summed E-state index contributed by atoms with van der Waals surface area (Å²) in [5.74, 6) is 1.55. The van der Waals surface area contributed by atoms with Gasteiger partial charge >= 0.3 is 0 Å². The van der Waals surface area contributed by atoms with E-state index in [9.17, 15) is 0 Å². The average molecular weight is 162 g/mol. The highest BCUT2D eigenvalue weighted by molar-refractivity contribution is 5.04. The second-order valence-electron chi connectivity index (χ2n) is 2.52. The van der Waals surface area contributed by atoms with E-state index in [0.29, 0.717) is 0 Å². The largest absolute Gasteiger partial charge is 0.191 e.